The summed E-state index contributed by atoms with van der Waals surface area (Å²) >= 11 is 1.42. The number of nitrogens with two attached hydrogens (primary N) is 1. The Morgan fingerprint density at radius 2 is 2.00 bits per heavy atom. The molecular weight excluding hydrogens is 358 g/mol. The van der Waals surface area contributed by atoms with Gasteiger partial charge in [0.25, 0.3) is 11.8 Å². The first-order valence-corrected chi connectivity index (χ1v) is 8.97. The number of halogens is 1. The minimum absolute atomic E-state index is 0. The maximum atomic E-state index is 12.5. The maximum Gasteiger partial charge on any atom is 0.261 e. The van der Waals surface area contributed by atoms with Crippen LogP contribution in [0, 0.1) is 0 Å². The number of benzene rings is 1. The summed E-state index contributed by atoms with van der Waals surface area (Å²) in [7, 11) is 0. The molecule has 0 radical (unpaired) electrons. The molecule has 3 rings (SSSR count). The molecule has 2 aromatic rings. The molecule has 3 N–H and O–H groups in total. The summed E-state index contributed by atoms with van der Waals surface area (Å²) in [5, 5.41) is 4.76. The Labute approximate surface area is 157 Å². The number of hydrogen-bond donors (Lipinski definition) is 2. The lowest BCUT2D eigenvalue weighted by Gasteiger charge is -2.30. The number of likely N-dealkylation sites (tertiary alicyclic amines) is 1. The van der Waals surface area contributed by atoms with E-state index in [1.807, 2.05) is 40.6 Å². The molecule has 0 aliphatic carbocycles. The summed E-state index contributed by atoms with van der Waals surface area (Å²) in [5.74, 6) is -0.0493. The highest BCUT2D eigenvalue weighted by atomic mass is 35.5. The highest BCUT2D eigenvalue weighted by molar-refractivity contribution is 7.12. The third-order valence-corrected chi connectivity index (χ3v) is 5.01. The van der Waals surface area contributed by atoms with Crippen LogP contribution in [0.25, 0.3) is 0 Å². The second-order valence-corrected chi connectivity index (χ2v) is 6.96. The van der Waals surface area contributed by atoms with Gasteiger partial charge in [-0.25, -0.2) is 0 Å². The first-order chi connectivity index (χ1) is 11.6. The van der Waals surface area contributed by atoms with Gasteiger partial charge in [-0.05, 0) is 42.0 Å². The molecule has 2 heterocycles. The van der Waals surface area contributed by atoms with Crippen molar-refractivity contribution in [2.75, 3.05) is 13.1 Å². The van der Waals surface area contributed by atoms with Crippen LogP contribution in [0.3, 0.4) is 0 Å². The Kier molecular flexibility index (Phi) is 6.99. The zero-order valence-corrected chi connectivity index (χ0v) is 15.4. The van der Waals surface area contributed by atoms with Crippen molar-refractivity contribution >= 4 is 35.6 Å². The van der Waals surface area contributed by atoms with E-state index in [2.05, 4.69) is 5.32 Å². The number of hydrogen-bond acceptors (Lipinski definition) is 4. The zero-order chi connectivity index (χ0) is 16.9. The molecule has 134 valence electrons. The highest BCUT2D eigenvalue weighted by Gasteiger charge is 2.22. The number of amides is 2. The number of piperidine rings is 1. The van der Waals surface area contributed by atoms with Crippen molar-refractivity contribution < 1.29 is 9.59 Å². The van der Waals surface area contributed by atoms with E-state index in [-0.39, 0.29) is 30.3 Å². The molecule has 0 saturated carbocycles. The normalized spacial score (nSPS) is 16.8. The van der Waals surface area contributed by atoms with E-state index in [4.69, 9.17) is 5.73 Å². The molecule has 1 aromatic heterocycles. The summed E-state index contributed by atoms with van der Waals surface area (Å²) in [6.07, 6.45) is 1.94. The zero-order valence-electron chi connectivity index (χ0n) is 13.8. The van der Waals surface area contributed by atoms with E-state index < -0.39 is 0 Å². The van der Waals surface area contributed by atoms with Crippen molar-refractivity contribution in [3.8, 4) is 0 Å². The van der Waals surface area contributed by atoms with Gasteiger partial charge in [0.15, 0.2) is 0 Å². The number of carbonyl (C=O) groups excluding carboxylic acids is 2. The summed E-state index contributed by atoms with van der Waals surface area (Å²) < 4.78 is 0. The molecule has 1 atom stereocenters. The Morgan fingerprint density at radius 1 is 1.24 bits per heavy atom. The lowest BCUT2D eigenvalue weighted by molar-refractivity contribution is 0.0708. The van der Waals surface area contributed by atoms with Gasteiger partial charge < -0.3 is 16.0 Å². The molecule has 1 aliphatic heterocycles. The third-order valence-electron chi connectivity index (χ3n) is 4.14. The van der Waals surface area contributed by atoms with Crippen molar-refractivity contribution in [1.29, 1.82) is 0 Å². The molecule has 1 aliphatic rings. The predicted octanol–water partition coefficient (Wildman–Crippen LogP) is 2.66. The Morgan fingerprint density at radius 3 is 2.64 bits per heavy atom. The SMILES string of the molecule is Cl.NC1CCCN(C(=O)c2ccc(CNC(=O)c3cccs3)cc2)C1. The number of rotatable bonds is 4. The number of thiophene rings is 1. The first-order valence-electron chi connectivity index (χ1n) is 8.09. The molecule has 1 aromatic carbocycles. The van der Waals surface area contributed by atoms with Gasteiger partial charge in [-0.2, -0.15) is 0 Å². The average Bonchev–Trinajstić information content (AvgIpc) is 3.14. The van der Waals surface area contributed by atoms with Crippen LogP contribution in [0.1, 0.15) is 38.4 Å². The largest absolute Gasteiger partial charge is 0.347 e. The Balaban J connectivity index is 0.00000225. The van der Waals surface area contributed by atoms with Crippen LogP contribution in [0.2, 0.25) is 0 Å². The molecule has 1 saturated heterocycles. The van der Waals surface area contributed by atoms with Gasteiger partial charge in [0.2, 0.25) is 0 Å². The fraction of sp³-hybridized carbons (Fsp3) is 0.333. The van der Waals surface area contributed by atoms with Crippen LogP contribution in [0.4, 0.5) is 0 Å². The van der Waals surface area contributed by atoms with Crippen molar-refractivity contribution in [3.05, 3.63) is 57.8 Å². The number of nitrogens with one attached hydrogen (secondary N) is 1. The second-order valence-electron chi connectivity index (χ2n) is 6.01. The van der Waals surface area contributed by atoms with E-state index >= 15 is 0 Å². The summed E-state index contributed by atoms with van der Waals surface area (Å²) in [6, 6.07) is 11.1. The highest BCUT2D eigenvalue weighted by Crippen LogP contribution is 2.14. The van der Waals surface area contributed by atoms with Crippen LogP contribution >= 0.6 is 23.7 Å². The van der Waals surface area contributed by atoms with Gasteiger partial charge in [-0.15, -0.1) is 23.7 Å². The van der Waals surface area contributed by atoms with Gasteiger partial charge in [0.1, 0.15) is 0 Å². The van der Waals surface area contributed by atoms with Gasteiger partial charge in [0, 0.05) is 31.2 Å². The standard InChI is InChI=1S/C18H21N3O2S.ClH/c19-15-3-1-9-21(12-15)18(23)14-7-5-13(6-8-14)11-20-17(22)16-4-2-10-24-16;/h2,4-8,10,15H,1,3,9,11-12,19H2,(H,20,22);1H. The minimum Gasteiger partial charge on any atom is -0.347 e. The van der Waals surface area contributed by atoms with Crippen LogP contribution in [-0.4, -0.2) is 35.8 Å². The van der Waals surface area contributed by atoms with Gasteiger partial charge in [-0.1, -0.05) is 18.2 Å². The first kappa shape index (κ1) is 19.4. The summed E-state index contributed by atoms with van der Waals surface area (Å²) in [6.45, 7) is 1.84. The van der Waals surface area contributed by atoms with E-state index in [0.29, 0.717) is 23.5 Å². The molecule has 0 bridgehead atoms. The molecule has 1 unspecified atom stereocenters. The van der Waals surface area contributed by atoms with Crippen molar-refractivity contribution in [1.82, 2.24) is 10.2 Å². The molecule has 7 heteroatoms. The number of nitrogens with zero attached hydrogens (tertiary/aromatic N) is 1. The fourth-order valence-electron chi connectivity index (χ4n) is 2.82. The van der Waals surface area contributed by atoms with Gasteiger partial charge in [0.05, 0.1) is 4.88 Å². The lowest BCUT2D eigenvalue weighted by atomic mass is 10.0. The molecule has 1 fully saturated rings. The average molecular weight is 380 g/mol. The van der Waals surface area contributed by atoms with Gasteiger partial charge in [-0.3, -0.25) is 9.59 Å². The van der Waals surface area contributed by atoms with Crippen molar-refractivity contribution in [2.45, 2.75) is 25.4 Å². The van der Waals surface area contributed by atoms with Crippen LogP contribution in [-0.2, 0) is 6.54 Å². The Bertz CT molecular complexity index is 704. The van der Waals surface area contributed by atoms with Crippen LogP contribution < -0.4 is 11.1 Å². The molecule has 5 nitrogen and oxygen atoms in total. The van der Waals surface area contributed by atoms with Crippen molar-refractivity contribution in [2.24, 2.45) is 5.73 Å². The number of carbonyl (C=O) groups is 2. The summed E-state index contributed by atoms with van der Waals surface area (Å²) in [5.41, 5.74) is 7.57. The molecular formula is C18H22ClN3O2S. The third kappa shape index (κ3) is 5.04. The quantitative estimate of drug-likeness (QED) is 0.857. The fourth-order valence-corrected chi connectivity index (χ4v) is 3.46. The van der Waals surface area contributed by atoms with Crippen LogP contribution in [0.5, 0.6) is 0 Å². The summed E-state index contributed by atoms with van der Waals surface area (Å²) in [4.78, 5) is 26.9. The smallest absolute Gasteiger partial charge is 0.261 e. The molecule has 0 spiro atoms. The van der Waals surface area contributed by atoms with Gasteiger partial charge >= 0.3 is 0 Å². The van der Waals surface area contributed by atoms with Crippen LogP contribution in [0.15, 0.2) is 41.8 Å². The molecule has 25 heavy (non-hydrogen) atoms. The van der Waals surface area contributed by atoms with E-state index in [9.17, 15) is 9.59 Å². The van der Waals surface area contributed by atoms with E-state index in [1.54, 1.807) is 6.07 Å². The second kappa shape index (κ2) is 8.99. The predicted molar refractivity (Wildman–Crippen MR) is 102 cm³/mol. The maximum absolute atomic E-state index is 12.5. The van der Waals surface area contributed by atoms with Crippen molar-refractivity contribution in [3.63, 3.8) is 0 Å². The minimum atomic E-state index is -0.0764. The monoisotopic (exact) mass is 379 g/mol. The van der Waals surface area contributed by atoms with E-state index in [0.717, 1.165) is 24.9 Å². The Hall–Kier alpha value is -1.89. The lowest BCUT2D eigenvalue weighted by Crippen LogP contribution is -2.45. The molecule has 2 amide bonds. The topological polar surface area (TPSA) is 75.4 Å². The van der Waals surface area contributed by atoms with E-state index in [1.165, 1.54) is 11.3 Å².